The van der Waals surface area contributed by atoms with Gasteiger partial charge in [-0.3, -0.25) is 0 Å². The molecule has 0 unspecified atom stereocenters. The third-order valence-corrected chi connectivity index (χ3v) is 4.28. The van der Waals surface area contributed by atoms with Gasteiger partial charge in [0.15, 0.2) is 0 Å². The highest BCUT2D eigenvalue weighted by Crippen LogP contribution is 2.16. The molecule has 2 N–H and O–H groups in total. The molecule has 0 radical (unpaired) electrons. The van der Waals surface area contributed by atoms with Gasteiger partial charge in [-0.25, -0.2) is 0 Å². The smallest absolute Gasteiger partial charge is 0.000804 e. The maximum absolute atomic E-state index is 3.64. The fourth-order valence-corrected chi connectivity index (χ4v) is 3.21. The van der Waals surface area contributed by atoms with E-state index in [-0.39, 0.29) is 0 Å². The van der Waals surface area contributed by atoms with E-state index in [2.05, 4.69) is 43.5 Å². The first-order valence-corrected chi connectivity index (χ1v) is 7.65. The molecule has 0 saturated carbocycles. The summed E-state index contributed by atoms with van der Waals surface area (Å²) in [5, 5.41) is 7.07. The highest BCUT2D eigenvalue weighted by molar-refractivity contribution is 5.37. The Morgan fingerprint density at radius 2 is 1.74 bits per heavy atom. The van der Waals surface area contributed by atoms with Crippen molar-refractivity contribution in [2.75, 3.05) is 26.2 Å². The molecule has 1 fully saturated rings. The summed E-state index contributed by atoms with van der Waals surface area (Å²) in [5.41, 5.74) is 5.80. The molecular formula is C17H28N2. The van der Waals surface area contributed by atoms with Gasteiger partial charge in [-0.1, -0.05) is 17.7 Å². The molecule has 0 aliphatic carbocycles. The summed E-state index contributed by atoms with van der Waals surface area (Å²) in [6, 6.07) is 4.60. The van der Waals surface area contributed by atoms with Gasteiger partial charge >= 0.3 is 0 Å². The summed E-state index contributed by atoms with van der Waals surface area (Å²) in [5.74, 6) is 0.876. The Morgan fingerprint density at radius 3 is 2.37 bits per heavy atom. The second-order valence-corrected chi connectivity index (χ2v) is 6.02. The van der Waals surface area contributed by atoms with Crippen LogP contribution in [0.2, 0.25) is 0 Å². The largest absolute Gasteiger partial charge is 0.317 e. The van der Waals surface area contributed by atoms with Gasteiger partial charge in [-0.05, 0) is 88.8 Å². The summed E-state index contributed by atoms with van der Waals surface area (Å²) in [6.45, 7) is 11.3. The minimum Gasteiger partial charge on any atom is -0.317 e. The van der Waals surface area contributed by atoms with Gasteiger partial charge in [0.2, 0.25) is 0 Å². The summed E-state index contributed by atoms with van der Waals surface area (Å²) in [6.07, 6.45) is 3.81. The molecule has 1 aliphatic heterocycles. The van der Waals surface area contributed by atoms with E-state index >= 15 is 0 Å². The fourth-order valence-electron chi connectivity index (χ4n) is 3.21. The molecule has 1 heterocycles. The standard InChI is InChI=1S/C17H28N2/c1-13-10-14(2)17(15(3)11-13)6-9-19-12-16-4-7-18-8-5-16/h10-11,16,18-19H,4-9,12H2,1-3H3. The topological polar surface area (TPSA) is 24.1 Å². The lowest BCUT2D eigenvalue weighted by atomic mass is 9.96. The van der Waals surface area contributed by atoms with Crippen molar-refractivity contribution in [3.63, 3.8) is 0 Å². The fraction of sp³-hybridized carbons (Fsp3) is 0.647. The van der Waals surface area contributed by atoms with Crippen LogP contribution in [0.4, 0.5) is 0 Å². The van der Waals surface area contributed by atoms with E-state index in [0.29, 0.717) is 0 Å². The molecule has 0 spiro atoms. The molecule has 1 aliphatic rings. The highest BCUT2D eigenvalue weighted by atomic mass is 14.9. The van der Waals surface area contributed by atoms with Crippen molar-refractivity contribution in [1.82, 2.24) is 10.6 Å². The third-order valence-electron chi connectivity index (χ3n) is 4.28. The molecule has 2 heteroatoms. The average molecular weight is 260 g/mol. The summed E-state index contributed by atoms with van der Waals surface area (Å²) < 4.78 is 0. The summed E-state index contributed by atoms with van der Waals surface area (Å²) >= 11 is 0. The van der Waals surface area contributed by atoms with Crippen LogP contribution in [0.5, 0.6) is 0 Å². The molecule has 106 valence electrons. The maximum Gasteiger partial charge on any atom is -0.000804 e. The normalized spacial score (nSPS) is 16.8. The first-order valence-electron chi connectivity index (χ1n) is 7.65. The first kappa shape index (κ1) is 14.5. The molecule has 2 nitrogen and oxygen atoms in total. The van der Waals surface area contributed by atoms with E-state index in [9.17, 15) is 0 Å². The SMILES string of the molecule is Cc1cc(C)c(CCNCC2CCNCC2)c(C)c1. The van der Waals surface area contributed by atoms with E-state index in [1.807, 2.05) is 0 Å². The van der Waals surface area contributed by atoms with Gasteiger partial charge in [0.05, 0.1) is 0 Å². The predicted octanol–water partition coefficient (Wildman–Crippen LogP) is 2.74. The summed E-state index contributed by atoms with van der Waals surface area (Å²) in [4.78, 5) is 0. The van der Waals surface area contributed by atoms with E-state index in [4.69, 9.17) is 0 Å². The number of piperidine rings is 1. The number of hydrogen-bond acceptors (Lipinski definition) is 2. The van der Waals surface area contributed by atoms with Crippen LogP contribution in [0.15, 0.2) is 12.1 Å². The van der Waals surface area contributed by atoms with Crippen LogP contribution in [0, 0.1) is 26.7 Å². The van der Waals surface area contributed by atoms with E-state index in [1.165, 1.54) is 54.7 Å². The Kier molecular flexibility index (Phi) is 5.41. The van der Waals surface area contributed by atoms with Crippen LogP contribution in [0.25, 0.3) is 0 Å². The van der Waals surface area contributed by atoms with Crippen molar-refractivity contribution >= 4 is 0 Å². The molecule has 2 rings (SSSR count). The van der Waals surface area contributed by atoms with E-state index in [1.54, 1.807) is 0 Å². The van der Waals surface area contributed by atoms with Crippen molar-refractivity contribution in [3.05, 3.63) is 34.4 Å². The third kappa shape index (κ3) is 4.32. The zero-order valence-corrected chi connectivity index (χ0v) is 12.7. The molecule has 1 aromatic rings. The van der Waals surface area contributed by atoms with Crippen LogP contribution in [-0.2, 0) is 6.42 Å². The minimum atomic E-state index is 0.876. The number of aryl methyl sites for hydroxylation is 3. The molecule has 1 aromatic carbocycles. The van der Waals surface area contributed by atoms with Crippen molar-refractivity contribution in [1.29, 1.82) is 0 Å². The lowest BCUT2D eigenvalue weighted by molar-refractivity contribution is 0.358. The second kappa shape index (κ2) is 7.06. The van der Waals surface area contributed by atoms with Gasteiger partial charge in [0, 0.05) is 0 Å². The quantitative estimate of drug-likeness (QED) is 0.796. The Labute approximate surface area is 118 Å². The number of nitrogens with one attached hydrogen (secondary N) is 2. The van der Waals surface area contributed by atoms with Crippen LogP contribution in [0.1, 0.15) is 35.1 Å². The highest BCUT2D eigenvalue weighted by Gasteiger charge is 2.12. The molecule has 19 heavy (non-hydrogen) atoms. The monoisotopic (exact) mass is 260 g/mol. The van der Waals surface area contributed by atoms with Crippen LogP contribution in [-0.4, -0.2) is 26.2 Å². The Morgan fingerprint density at radius 1 is 1.11 bits per heavy atom. The molecule has 0 aromatic heterocycles. The molecule has 0 atom stereocenters. The predicted molar refractivity (Wildman–Crippen MR) is 82.8 cm³/mol. The Bertz CT molecular complexity index is 383. The van der Waals surface area contributed by atoms with Crippen molar-refractivity contribution in [3.8, 4) is 0 Å². The molecular weight excluding hydrogens is 232 g/mol. The van der Waals surface area contributed by atoms with Crippen LogP contribution < -0.4 is 10.6 Å². The number of rotatable bonds is 5. The number of benzene rings is 1. The van der Waals surface area contributed by atoms with Gasteiger partial charge in [0.25, 0.3) is 0 Å². The lowest BCUT2D eigenvalue weighted by Gasteiger charge is -2.23. The van der Waals surface area contributed by atoms with Crippen molar-refractivity contribution < 1.29 is 0 Å². The number of hydrogen-bond donors (Lipinski definition) is 2. The van der Waals surface area contributed by atoms with Gasteiger partial charge in [-0.2, -0.15) is 0 Å². The van der Waals surface area contributed by atoms with Crippen LogP contribution >= 0.6 is 0 Å². The van der Waals surface area contributed by atoms with E-state index < -0.39 is 0 Å². The Balaban J connectivity index is 1.76. The molecule has 1 saturated heterocycles. The first-order chi connectivity index (χ1) is 9.16. The summed E-state index contributed by atoms with van der Waals surface area (Å²) in [7, 11) is 0. The molecule has 0 bridgehead atoms. The van der Waals surface area contributed by atoms with Crippen molar-refractivity contribution in [2.24, 2.45) is 5.92 Å². The molecule has 0 amide bonds. The van der Waals surface area contributed by atoms with Gasteiger partial charge in [-0.15, -0.1) is 0 Å². The second-order valence-electron chi connectivity index (χ2n) is 6.02. The lowest BCUT2D eigenvalue weighted by Crippen LogP contribution is -2.34. The van der Waals surface area contributed by atoms with Gasteiger partial charge < -0.3 is 10.6 Å². The zero-order valence-electron chi connectivity index (χ0n) is 12.7. The average Bonchev–Trinajstić information content (AvgIpc) is 2.38. The maximum atomic E-state index is 3.64. The van der Waals surface area contributed by atoms with Crippen LogP contribution in [0.3, 0.4) is 0 Å². The Hall–Kier alpha value is -0.860. The van der Waals surface area contributed by atoms with Gasteiger partial charge in [0.1, 0.15) is 0 Å². The van der Waals surface area contributed by atoms with E-state index in [0.717, 1.165) is 18.9 Å². The van der Waals surface area contributed by atoms with Crippen molar-refractivity contribution in [2.45, 2.75) is 40.0 Å². The minimum absolute atomic E-state index is 0.876. The zero-order chi connectivity index (χ0) is 13.7.